The second-order valence-corrected chi connectivity index (χ2v) is 10.0. The van der Waals surface area contributed by atoms with Crippen molar-refractivity contribution in [3.63, 3.8) is 0 Å². The molecule has 0 saturated carbocycles. The molecule has 4 rings (SSSR count). The minimum absolute atomic E-state index is 0.0426. The van der Waals surface area contributed by atoms with Gasteiger partial charge in [-0.25, -0.2) is 0 Å². The number of aliphatic hydroxyl groups excluding tert-OH is 1. The molecule has 0 bridgehead atoms. The molecule has 1 atom stereocenters. The van der Waals surface area contributed by atoms with Gasteiger partial charge in [-0.15, -0.1) is 0 Å². The molecule has 0 aliphatic carbocycles. The van der Waals surface area contributed by atoms with E-state index < -0.39 is 6.10 Å². The number of rotatable bonds is 7. The topological polar surface area (TPSA) is 75.4 Å². The van der Waals surface area contributed by atoms with Gasteiger partial charge in [0.05, 0.1) is 5.39 Å². The molecule has 1 fully saturated rings. The standard InChI is InChI=1S/C27H34N2O5/c1-27(2,3)19-5-7-21(8-6-19)34-25-18-33-24-15-22(9-10-23(24)26(25)31)32-17-20(30)16-29-13-11-28(4)12-14-29/h5-10,15,18,20,30H,11-14,16-17H2,1-4H3/t20-/m1/s1. The van der Waals surface area contributed by atoms with E-state index in [1.165, 1.54) is 11.8 Å². The van der Waals surface area contributed by atoms with Crippen LogP contribution in [-0.2, 0) is 5.41 Å². The molecule has 1 aliphatic rings. The molecule has 0 radical (unpaired) electrons. The third kappa shape index (κ3) is 5.97. The van der Waals surface area contributed by atoms with Crippen molar-refractivity contribution in [2.75, 3.05) is 46.4 Å². The van der Waals surface area contributed by atoms with Crippen LogP contribution in [0.15, 0.2) is 57.9 Å². The van der Waals surface area contributed by atoms with E-state index in [1.54, 1.807) is 18.2 Å². The first-order chi connectivity index (χ1) is 16.2. The van der Waals surface area contributed by atoms with E-state index in [0.717, 1.165) is 26.2 Å². The highest BCUT2D eigenvalue weighted by Gasteiger charge is 2.18. The van der Waals surface area contributed by atoms with Crippen molar-refractivity contribution in [2.45, 2.75) is 32.3 Å². The summed E-state index contributed by atoms with van der Waals surface area (Å²) in [6.45, 7) is 11.1. The van der Waals surface area contributed by atoms with Crippen LogP contribution in [0.1, 0.15) is 26.3 Å². The first kappa shape index (κ1) is 24.3. The number of benzene rings is 2. The minimum atomic E-state index is -0.591. The molecule has 182 valence electrons. The van der Waals surface area contributed by atoms with Gasteiger partial charge in [0.1, 0.15) is 36.1 Å². The lowest BCUT2D eigenvalue weighted by Gasteiger charge is -2.33. The molecule has 0 amide bonds. The number of fused-ring (bicyclic) bond motifs is 1. The molecule has 0 unspecified atom stereocenters. The van der Waals surface area contributed by atoms with Gasteiger partial charge in [0.2, 0.25) is 11.2 Å². The third-order valence-corrected chi connectivity index (χ3v) is 6.17. The maximum Gasteiger partial charge on any atom is 0.235 e. The summed E-state index contributed by atoms with van der Waals surface area (Å²) in [5, 5.41) is 10.8. The van der Waals surface area contributed by atoms with Gasteiger partial charge in [-0.05, 0) is 42.3 Å². The molecule has 7 nitrogen and oxygen atoms in total. The maximum absolute atomic E-state index is 12.9. The summed E-state index contributed by atoms with van der Waals surface area (Å²) in [5.41, 5.74) is 1.39. The van der Waals surface area contributed by atoms with Crippen LogP contribution in [0.4, 0.5) is 0 Å². The molecule has 2 aromatic carbocycles. The highest BCUT2D eigenvalue weighted by Crippen LogP contribution is 2.27. The van der Waals surface area contributed by atoms with Crippen LogP contribution < -0.4 is 14.9 Å². The molecule has 2 heterocycles. The molecule has 1 saturated heterocycles. The quantitative estimate of drug-likeness (QED) is 0.567. The average Bonchev–Trinajstić information content (AvgIpc) is 2.81. The molecule has 34 heavy (non-hydrogen) atoms. The van der Waals surface area contributed by atoms with Gasteiger partial charge in [-0.3, -0.25) is 9.69 Å². The Labute approximate surface area is 200 Å². The van der Waals surface area contributed by atoms with Gasteiger partial charge in [-0.1, -0.05) is 32.9 Å². The van der Waals surface area contributed by atoms with Crippen molar-refractivity contribution in [3.05, 3.63) is 64.5 Å². The Morgan fingerprint density at radius 1 is 1.03 bits per heavy atom. The second-order valence-electron chi connectivity index (χ2n) is 10.0. The van der Waals surface area contributed by atoms with E-state index in [2.05, 4.69) is 37.6 Å². The average molecular weight is 467 g/mol. The van der Waals surface area contributed by atoms with Crippen molar-refractivity contribution < 1.29 is 19.0 Å². The van der Waals surface area contributed by atoms with Gasteiger partial charge >= 0.3 is 0 Å². The highest BCUT2D eigenvalue weighted by atomic mass is 16.5. The second kappa shape index (κ2) is 10.2. The summed E-state index contributed by atoms with van der Waals surface area (Å²) >= 11 is 0. The van der Waals surface area contributed by atoms with Crippen LogP contribution in [0.2, 0.25) is 0 Å². The van der Waals surface area contributed by atoms with Gasteiger partial charge in [0.25, 0.3) is 0 Å². The Balaban J connectivity index is 1.39. The van der Waals surface area contributed by atoms with Crippen molar-refractivity contribution in [3.8, 4) is 17.2 Å². The maximum atomic E-state index is 12.9. The third-order valence-electron chi connectivity index (χ3n) is 6.17. The molecular weight excluding hydrogens is 432 g/mol. The summed E-state index contributed by atoms with van der Waals surface area (Å²) < 4.78 is 17.2. The predicted octanol–water partition coefficient (Wildman–Crippen LogP) is 3.87. The Morgan fingerprint density at radius 2 is 1.71 bits per heavy atom. The van der Waals surface area contributed by atoms with E-state index in [0.29, 0.717) is 29.0 Å². The van der Waals surface area contributed by atoms with E-state index >= 15 is 0 Å². The van der Waals surface area contributed by atoms with Gasteiger partial charge < -0.3 is 23.9 Å². The Hall–Kier alpha value is -2.87. The Bertz CT molecular complexity index is 1160. The number of piperazine rings is 1. The van der Waals surface area contributed by atoms with Gasteiger partial charge in [0, 0.05) is 38.8 Å². The van der Waals surface area contributed by atoms with Gasteiger partial charge in [-0.2, -0.15) is 0 Å². The smallest absolute Gasteiger partial charge is 0.235 e. The largest absolute Gasteiger partial charge is 0.491 e. The number of hydrogen-bond donors (Lipinski definition) is 1. The molecule has 1 aromatic heterocycles. The lowest BCUT2D eigenvalue weighted by molar-refractivity contribution is 0.0505. The zero-order valence-corrected chi connectivity index (χ0v) is 20.4. The molecule has 7 heteroatoms. The molecule has 3 aromatic rings. The monoisotopic (exact) mass is 466 g/mol. The van der Waals surface area contributed by atoms with Crippen molar-refractivity contribution in [2.24, 2.45) is 0 Å². The van der Waals surface area contributed by atoms with E-state index in [-0.39, 0.29) is 23.2 Å². The Morgan fingerprint density at radius 3 is 2.38 bits per heavy atom. The normalized spacial score (nSPS) is 16.5. The number of nitrogens with zero attached hydrogens (tertiary/aromatic N) is 2. The van der Waals surface area contributed by atoms with Crippen LogP contribution in [-0.4, -0.2) is 67.4 Å². The summed E-state index contributed by atoms with van der Waals surface area (Å²) in [7, 11) is 2.11. The van der Waals surface area contributed by atoms with Crippen LogP contribution in [0, 0.1) is 0 Å². The SMILES string of the molecule is CN1CCN(C[C@@H](O)COc2ccc3c(=O)c(Oc4ccc(C(C)(C)C)cc4)coc3c2)CC1. The highest BCUT2D eigenvalue weighted by molar-refractivity contribution is 5.79. The van der Waals surface area contributed by atoms with E-state index in [9.17, 15) is 9.90 Å². The number of hydrogen-bond acceptors (Lipinski definition) is 7. The fraction of sp³-hybridized carbons (Fsp3) is 0.444. The first-order valence-electron chi connectivity index (χ1n) is 11.7. The fourth-order valence-electron chi connectivity index (χ4n) is 3.97. The number of ether oxygens (including phenoxy) is 2. The van der Waals surface area contributed by atoms with Crippen molar-refractivity contribution in [1.29, 1.82) is 0 Å². The van der Waals surface area contributed by atoms with Crippen LogP contribution in [0.25, 0.3) is 11.0 Å². The van der Waals surface area contributed by atoms with Crippen molar-refractivity contribution >= 4 is 11.0 Å². The lowest BCUT2D eigenvalue weighted by atomic mass is 9.87. The van der Waals surface area contributed by atoms with Crippen LogP contribution in [0.3, 0.4) is 0 Å². The summed E-state index contributed by atoms with van der Waals surface area (Å²) in [6.07, 6.45) is 0.737. The predicted molar refractivity (Wildman–Crippen MR) is 133 cm³/mol. The zero-order chi connectivity index (χ0) is 24.3. The summed E-state index contributed by atoms with van der Waals surface area (Å²) in [5.74, 6) is 1.25. The molecule has 0 spiro atoms. The first-order valence-corrected chi connectivity index (χ1v) is 11.7. The number of aliphatic hydroxyl groups is 1. The summed E-state index contributed by atoms with van der Waals surface area (Å²) in [6, 6.07) is 12.8. The van der Waals surface area contributed by atoms with E-state index in [1.807, 2.05) is 24.3 Å². The van der Waals surface area contributed by atoms with Crippen molar-refractivity contribution in [1.82, 2.24) is 9.80 Å². The fourth-order valence-corrected chi connectivity index (χ4v) is 3.97. The minimum Gasteiger partial charge on any atom is -0.491 e. The molecule has 1 N–H and O–H groups in total. The van der Waals surface area contributed by atoms with Crippen LogP contribution >= 0.6 is 0 Å². The van der Waals surface area contributed by atoms with Crippen LogP contribution in [0.5, 0.6) is 17.2 Å². The van der Waals surface area contributed by atoms with E-state index in [4.69, 9.17) is 13.9 Å². The summed E-state index contributed by atoms with van der Waals surface area (Å²) in [4.78, 5) is 17.4. The molecular formula is C27H34N2O5. The number of β-amino-alcohol motifs (C(OH)–C–C–N with tert-alkyl or cyclic N) is 1. The number of likely N-dealkylation sites (N-methyl/N-ethyl adjacent to an activating group) is 1. The lowest BCUT2D eigenvalue weighted by Crippen LogP contribution is -2.47. The molecule has 1 aliphatic heterocycles. The van der Waals surface area contributed by atoms with Gasteiger partial charge in [0.15, 0.2) is 0 Å². The zero-order valence-electron chi connectivity index (χ0n) is 20.4. The Kier molecular flexibility index (Phi) is 7.26.